The molecule has 5 nitrogen and oxygen atoms in total. The van der Waals surface area contributed by atoms with Gasteiger partial charge in [-0.1, -0.05) is 6.07 Å². The minimum absolute atomic E-state index is 0.107. The van der Waals surface area contributed by atoms with Crippen molar-refractivity contribution in [1.29, 1.82) is 0 Å². The van der Waals surface area contributed by atoms with Crippen molar-refractivity contribution in [3.8, 4) is 0 Å². The fraction of sp³-hybridized carbons (Fsp3) is 0.111. The maximum Gasteiger partial charge on any atom is 0.261 e. The molecule has 0 saturated heterocycles. The number of rotatable bonds is 5. The number of H-pyrrole nitrogens is 1. The Morgan fingerprint density at radius 3 is 2.96 bits per heavy atom. The van der Waals surface area contributed by atoms with E-state index in [0.29, 0.717) is 17.0 Å². The third-order valence-corrected chi connectivity index (χ3v) is 5.86. The molecule has 1 aliphatic heterocycles. The first-order valence-corrected chi connectivity index (χ1v) is 9.51. The molecule has 0 fully saturated rings. The third-order valence-electron chi connectivity index (χ3n) is 3.88. The molecule has 0 spiro atoms. The van der Waals surface area contributed by atoms with Crippen LogP contribution in [0.1, 0.15) is 25.8 Å². The molecule has 0 aliphatic carbocycles. The zero-order valence-corrected chi connectivity index (χ0v) is 14.8. The summed E-state index contributed by atoms with van der Waals surface area (Å²) < 4.78 is 0. The molecule has 3 aromatic rings. The smallest absolute Gasteiger partial charge is 0.261 e. The summed E-state index contributed by atoms with van der Waals surface area (Å²) in [5.74, 6) is -0.245. The number of aromatic nitrogens is 1. The molecule has 4 heterocycles. The molecule has 0 aromatic carbocycles. The van der Waals surface area contributed by atoms with E-state index in [1.165, 1.54) is 16.2 Å². The van der Waals surface area contributed by atoms with Crippen LogP contribution in [0, 0.1) is 0 Å². The summed E-state index contributed by atoms with van der Waals surface area (Å²) >= 11 is 2.99. The molecule has 0 atom stereocenters. The quantitative estimate of drug-likeness (QED) is 0.601. The van der Waals surface area contributed by atoms with Crippen molar-refractivity contribution in [2.75, 3.05) is 11.9 Å². The number of amides is 2. The van der Waals surface area contributed by atoms with Crippen LogP contribution in [0.2, 0.25) is 0 Å². The highest BCUT2D eigenvalue weighted by Crippen LogP contribution is 2.39. The van der Waals surface area contributed by atoms with Crippen LogP contribution in [0.25, 0.3) is 11.6 Å². The fourth-order valence-corrected chi connectivity index (χ4v) is 4.36. The summed E-state index contributed by atoms with van der Waals surface area (Å²) in [6, 6.07) is 9.62. The number of fused-ring (bicyclic) bond motifs is 1. The lowest BCUT2D eigenvalue weighted by atomic mass is 10.1. The molecule has 0 radical (unpaired) electrons. The highest BCUT2D eigenvalue weighted by Gasteiger charge is 2.28. The molecular formula is C18H15N3O2S2. The Labute approximate surface area is 152 Å². The molecule has 2 amide bonds. The molecule has 1 aliphatic rings. The topological polar surface area (TPSA) is 74.0 Å². The minimum Gasteiger partial charge on any atom is -0.362 e. The highest BCUT2D eigenvalue weighted by atomic mass is 32.1. The van der Waals surface area contributed by atoms with Crippen LogP contribution in [0.5, 0.6) is 0 Å². The fourth-order valence-electron chi connectivity index (χ4n) is 2.66. The van der Waals surface area contributed by atoms with Gasteiger partial charge in [-0.15, -0.1) is 22.7 Å². The van der Waals surface area contributed by atoms with Gasteiger partial charge in [0.25, 0.3) is 11.8 Å². The minimum atomic E-state index is -0.138. The molecule has 0 unspecified atom stereocenters. The molecule has 4 rings (SSSR count). The van der Waals surface area contributed by atoms with Crippen molar-refractivity contribution in [3.05, 3.63) is 62.9 Å². The Bertz CT molecular complexity index is 937. The Morgan fingerprint density at radius 1 is 1.28 bits per heavy atom. The number of aromatic amines is 1. The first-order chi connectivity index (χ1) is 12.2. The highest BCUT2D eigenvalue weighted by molar-refractivity contribution is 7.18. The van der Waals surface area contributed by atoms with E-state index in [4.69, 9.17) is 0 Å². The average molecular weight is 369 g/mol. The van der Waals surface area contributed by atoms with Crippen LogP contribution in [0.15, 0.2) is 41.9 Å². The van der Waals surface area contributed by atoms with E-state index in [0.717, 1.165) is 22.7 Å². The number of hydrogen-bond acceptors (Lipinski definition) is 4. The Balaban J connectivity index is 1.48. The lowest BCUT2D eigenvalue weighted by molar-refractivity contribution is -0.110. The van der Waals surface area contributed by atoms with Gasteiger partial charge in [-0.3, -0.25) is 9.59 Å². The van der Waals surface area contributed by atoms with Gasteiger partial charge in [0.15, 0.2) is 0 Å². The van der Waals surface area contributed by atoms with Crippen LogP contribution >= 0.6 is 22.7 Å². The van der Waals surface area contributed by atoms with Crippen LogP contribution in [0.3, 0.4) is 0 Å². The van der Waals surface area contributed by atoms with Crippen molar-refractivity contribution < 1.29 is 9.59 Å². The molecule has 0 saturated carbocycles. The Morgan fingerprint density at radius 2 is 2.20 bits per heavy atom. The Hall–Kier alpha value is -2.64. The van der Waals surface area contributed by atoms with Crippen molar-refractivity contribution in [2.45, 2.75) is 6.42 Å². The predicted molar refractivity (Wildman–Crippen MR) is 102 cm³/mol. The lowest BCUT2D eigenvalue weighted by Crippen LogP contribution is -2.24. The van der Waals surface area contributed by atoms with Gasteiger partial charge in [0, 0.05) is 28.9 Å². The number of anilines is 1. The number of carbonyl (C=O) groups excluding carboxylic acids is 2. The molecule has 3 N–H and O–H groups in total. The van der Waals surface area contributed by atoms with Crippen LogP contribution in [-0.4, -0.2) is 23.3 Å². The first-order valence-electron chi connectivity index (χ1n) is 7.82. The average Bonchev–Trinajstić information content (AvgIpc) is 3.36. The summed E-state index contributed by atoms with van der Waals surface area (Å²) in [6.07, 6.45) is 4.43. The summed E-state index contributed by atoms with van der Waals surface area (Å²) in [7, 11) is 0. The first kappa shape index (κ1) is 15.9. The van der Waals surface area contributed by atoms with Crippen LogP contribution in [-0.2, 0) is 11.2 Å². The largest absolute Gasteiger partial charge is 0.362 e. The van der Waals surface area contributed by atoms with E-state index >= 15 is 0 Å². The maximum absolute atomic E-state index is 12.3. The molecule has 126 valence electrons. The van der Waals surface area contributed by atoms with Gasteiger partial charge in [0.05, 0.1) is 10.5 Å². The molecule has 25 heavy (non-hydrogen) atoms. The van der Waals surface area contributed by atoms with E-state index in [-0.39, 0.29) is 11.8 Å². The van der Waals surface area contributed by atoms with E-state index in [1.807, 2.05) is 23.6 Å². The Kier molecular flexibility index (Phi) is 4.25. The van der Waals surface area contributed by atoms with Crippen molar-refractivity contribution >= 4 is 51.1 Å². The second kappa shape index (κ2) is 6.70. The maximum atomic E-state index is 12.3. The normalized spacial score (nSPS) is 14.6. The number of hydrogen-bond donors (Lipinski definition) is 3. The lowest BCUT2D eigenvalue weighted by Gasteiger charge is -2.02. The molecule has 7 heteroatoms. The van der Waals surface area contributed by atoms with Gasteiger partial charge in [0.1, 0.15) is 5.00 Å². The third kappa shape index (κ3) is 3.29. The van der Waals surface area contributed by atoms with Gasteiger partial charge >= 0.3 is 0 Å². The van der Waals surface area contributed by atoms with Crippen molar-refractivity contribution in [2.24, 2.45) is 0 Å². The number of thiophene rings is 2. The van der Waals surface area contributed by atoms with Gasteiger partial charge in [-0.2, -0.15) is 0 Å². The second-order valence-electron chi connectivity index (χ2n) is 5.58. The summed E-state index contributed by atoms with van der Waals surface area (Å²) in [6.45, 7) is 0.597. The standard InChI is InChI=1S/C18H15N3O2S2/c22-16-13(9-11-3-1-6-19-11)14-10-15(25-18(14)21-16)17(23)20-7-5-12-4-2-8-24-12/h1-4,6,8-10,19H,5,7H2,(H,20,23)(H,21,22)/b13-9+. The van der Waals surface area contributed by atoms with Crippen molar-refractivity contribution in [3.63, 3.8) is 0 Å². The predicted octanol–water partition coefficient (Wildman–Crippen LogP) is 3.60. The monoisotopic (exact) mass is 369 g/mol. The second-order valence-corrected chi connectivity index (χ2v) is 7.66. The van der Waals surface area contributed by atoms with Gasteiger partial charge < -0.3 is 15.6 Å². The molecule has 3 aromatic heterocycles. The van der Waals surface area contributed by atoms with E-state index < -0.39 is 0 Å². The van der Waals surface area contributed by atoms with Gasteiger partial charge in [-0.25, -0.2) is 0 Å². The SMILES string of the molecule is O=C1Nc2sc(C(=O)NCCc3cccs3)cc2/C1=C\c1ccc[nH]1. The van der Waals surface area contributed by atoms with Crippen LogP contribution < -0.4 is 10.6 Å². The van der Waals surface area contributed by atoms with E-state index in [9.17, 15) is 9.59 Å². The number of nitrogens with one attached hydrogen (secondary N) is 3. The molecular weight excluding hydrogens is 354 g/mol. The van der Waals surface area contributed by atoms with Crippen molar-refractivity contribution in [1.82, 2.24) is 10.3 Å². The van der Waals surface area contributed by atoms with E-state index in [1.54, 1.807) is 29.7 Å². The zero-order valence-electron chi connectivity index (χ0n) is 13.2. The summed E-state index contributed by atoms with van der Waals surface area (Å²) in [5, 5.41) is 8.53. The van der Waals surface area contributed by atoms with E-state index in [2.05, 4.69) is 21.7 Å². The van der Waals surface area contributed by atoms with Crippen LogP contribution in [0.4, 0.5) is 5.00 Å². The van der Waals surface area contributed by atoms with Gasteiger partial charge in [-0.05, 0) is 42.1 Å². The summed E-state index contributed by atoms with van der Waals surface area (Å²) in [4.78, 5) is 29.4. The summed E-state index contributed by atoms with van der Waals surface area (Å²) in [5.41, 5.74) is 2.21. The number of carbonyl (C=O) groups is 2. The zero-order chi connectivity index (χ0) is 17.2. The molecule has 0 bridgehead atoms. The van der Waals surface area contributed by atoms with Gasteiger partial charge in [0.2, 0.25) is 0 Å².